The molecule has 7 nitrogen and oxygen atoms in total. The summed E-state index contributed by atoms with van der Waals surface area (Å²) in [6.45, 7) is 5.45. The summed E-state index contributed by atoms with van der Waals surface area (Å²) in [5.74, 6) is 1.57. The van der Waals surface area contributed by atoms with Crippen LogP contribution in [0.3, 0.4) is 0 Å². The van der Waals surface area contributed by atoms with Gasteiger partial charge in [0.1, 0.15) is 11.5 Å². The number of carbonyl (C=O) groups excluding carboxylic acids is 1. The van der Waals surface area contributed by atoms with Crippen LogP contribution in [0, 0.1) is 13.8 Å². The quantitative estimate of drug-likeness (QED) is 0.529. The van der Waals surface area contributed by atoms with E-state index >= 15 is 0 Å². The zero-order valence-corrected chi connectivity index (χ0v) is 17.6. The molecule has 1 aromatic heterocycles. The summed E-state index contributed by atoms with van der Waals surface area (Å²) < 4.78 is 12.7. The van der Waals surface area contributed by atoms with Crippen LogP contribution < -0.4 is 20.1 Å². The highest BCUT2D eigenvalue weighted by Crippen LogP contribution is 2.18. The maximum atomic E-state index is 12.1. The van der Waals surface area contributed by atoms with E-state index < -0.39 is 0 Å². The molecule has 2 N–H and O–H groups in total. The number of para-hydroxylation sites is 1. The SMILES string of the molecule is COc1ccc(OCCCNC(=O)NCc2c(C)nn(-c3ccccc3)c2C)cc1. The number of nitrogens with zero attached hydrogens (tertiary/aromatic N) is 2. The Kier molecular flexibility index (Phi) is 7.32. The highest BCUT2D eigenvalue weighted by Gasteiger charge is 2.13. The predicted molar refractivity (Wildman–Crippen MR) is 116 cm³/mol. The zero-order valence-electron chi connectivity index (χ0n) is 17.6. The lowest BCUT2D eigenvalue weighted by Crippen LogP contribution is -2.36. The number of aryl methyl sites for hydroxylation is 1. The van der Waals surface area contributed by atoms with Crippen molar-refractivity contribution in [2.45, 2.75) is 26.8 Å². The minimum Gasteiger partial charge on any atom is -0.497 e. The Bertz CT molecular complexity index is 953. The number of amides is 2. The molecular weight excluding hydrogens is 380 g/mol. The van der Waals surface area contributed by atoms with Gasteiger partial charge in [0.05, 0.1) is 25.1 Å². The number of nitrogens with one attached hydrogen (secondary N) is 2. The normalized spacial score (nSPS) is 10.5. The fraction of sp³-hybridized carbons (Fsp3) is 0.304. The van der Waals surface area contributed by atoms with Gasteiger partial charge in [0.25, 0.3) is 0 Å². The van der Waals surface area contributed by atoms with Crippen molar-refractivity contribution in [3.63, 3.8) is 0 Å². The molecule has 30 heavy (non-hydrogen) atoms. The molecule has 1 heterocycles. The second kappa shape index (κ2) is 10.3. The van der Waals surface area contributed by atoms with Crippen LogP contribution in [-0.4, -0.2) is 36.1 Å². The monoisotopic (exact) mass is 408 g/mol. The molecule has 158 valence electrons. The summed E-state index contributed by atoms with van der Waals surface area (Å²) in [6, 6.07) is 17.2. The van der Waals surface area contributed by atoms with Crippen LogP contribution in [0.2, 0.25) is 0 Å². The standard InChI is InChI=1S/C23H28N4O3/c1-17-22(18(2)27(26-17)19-8-5-4-6-9-19)16-25-23(28)24-14-7-15-30-21-12-10-20(29-3)11-13-21/h4-6,8-13H,7,14-16H2,1-3H3,(H2,24,25,28). The lowest BCUT2D eigenvalue weighted by molar-refractivity contribution is 0.238. The predicted octanol–water partition coefficient (Wildman–Crippen LogP) is 3.77. The fourth-order valence-electron chi connectivity index (χ4n) is 3.12. The second-order valence-corrected chi connectivity index (χ2v) is 6.88. The highest BCUT2D eigenvalue weighted by atomic mass is 16.5. The highest BCUT2D eigenvalue weighted by molar-refractivity contribution is 5.73. The van der Waals surface area contributed by atoms with Crippen molar-refractivity contribution in [1.82, 2.24) is 20.4 Å². The van der Waals surface area contributed by atoms with E-state index in [2.05, 4.69) is 15.7 Å². The molecule has 0 spiro atoms. The number of rotatable bonds is 9. The molecule has 3 rings (SSSR count). The summed E-state index contributed by atoms with van der Waals surface area (Å²) >= 11 is 0. The second-order valence-electron chi connectivity index (χ2n) is 6.88. The van der Waals surface area contributed by atoms with E-state index in [9.17, 15) is 4.79 Å². The maximum absolute atomic E-state index is 12.1. The largest absolute Gasteiger partial charge is 0.497 e. The number of ether oxygens (including phenoxy) is 2. The van der Waals surface area contributed by atoms with Crippen LogP contribution in [-0.2, 0) is 6.54 Å². The molecule has 2 amide bonds. The van der Waals surface area contributed by atoms with Crippen molar-refractivity contribution in [3.8, 4) is 17.2 Å². The Morgan fingerprint density at radius 2 is 1.70 bits per heavy atom. The number of benzene rings is 2. The fourth-order valence-corrected chi connectivity index (χ4v) is 3.12. The summed E-state index contributed by atoms with van der Waals surface area (Å²) in [4.78, 5) is 12.1. The topological polar surface area (TPSA) is 77.4 Å². The Morgan fingerprint density at radius 1 is 1.00 bits per heavy atom. The third-order valence-electron chi connectivity index (χ3n) is 4.80. The summed E-state index contributed by atoms with van der Waals surface area (Å²) in [6.07, 6.45) is 0.712. The molecule has 0 aliphatic heterocycles. The Labute approximate surface area is 177 Å². The van der Waals surface area contributed by atoms with Gasteiger partial charge in [-0.05, 0) is 56.7 Å². The van der Waals surface area contributed by atoms with Gasteiger partial charge in [-0.1, -0.05) is 18.2 Å². The van der Waals surface area contributed by atoms with E-state index in [4.69, 9.17) is 9.47 Å². The van der Waals surface area contributed by atoms with Crippen molar-refractivity contribution < 1.29 is 14.3 Å². The molecule has 0 radical (unpaired) electrons. The van der Waals surface area contributed by atoms with Gasteiger partial charge < -0.3 is 20.1 Å². The van der Waals surface area contributed by atoms with Crippen LogP contribution >= 0.6 is 0 Å². The number of urea groups is 1. The lowest BCUT2D eigenvalue weighted by Gasteiger charge is -2.10. The summed E-state index contributed by atoms with van der Waals surface area (Å²) in [5.41, 5.74) is 3.96. The average molecular weight is 409 g/mol. The van der Waals surface area contributed by atoms with Gasteiger partial charge in [-0.3, -0.25) is 0 Å². The molecule has 0 aliphatic rings. The molecule has 0 saturated heterocycles. The molecule has 0 fully saturated rings. The lowest BCUT2D eigenvalue weighted by atomic mass is 10.2. The van der Waals surface area contributed by atoms with Crippen LogP contribution in [0.15, 0.2) is 54.6 Å². The number of aromatic nitrogens is 2. The van der Waals surface area contributed by atoms with Crippen LogP contribution in [0.4, 0.5) is 4.79 Å². The molecule has 7 heteroatoms. The van der Waals surface area contributed by atoms with Crippen LogP contribution in [0.25, 0.3) is 5.69 Å². The molecular formula is C23H28N4O3. The first-order valence-corrected chi connectivity index (χ1v) is 9.97. The minimum atomic E-state index is -0.203. The maximum Gasteiger partial charge on any atom is 0.315 e. The molecule has 2 aromatic carbocycles. The van der Waals surface area contributed by atoms with Gasteiger partial charge in [-0.15, -0.1) is 0 Å². The van der Waals surface area contributed by atoms with Crippen LogP contribution in [0.5, 0.6) is 11.5 Å². The number of methoxy groups -OCH3 is 1. The molecule has 3 aromatic rings. The Hall–Kier alpha value is -3.48. The minimum absolute atomic E-state index is 0.203. The van der Waals surface area contributed by atoms with Gasteiger partial charge in [-0.2, -0.15) is 5.10 Å². The zero-order chi connectivity index (χ0) is 21.3. The van der Waals surface area contributed by atoms with E-state index in [1.165, 1.54) is 0 Å². The Balaban J connectivity index is 1.40. The van der Waals surface area contributed by atoms with E-state index in [0.717, 1.165) is 34.1 Å². The molecule has 0 unspecified atom stereocenters. The first-order valence-electron chi connectivity index (χ1n) is 9.97. The molecule has 0 atom stereocenters. The van der Waals surface area contributed by atoms with Crippen molar-refractivity contribution in [3.05, 3.63) is 71.5 Å². The first-order chi connectivity index (χ1) is 14.6. The Morgan fingerprint density at radius 3 is 2.40 bits per heavy atom. The third kappa shape index (κ3) is 5.53. The summed E-state index contributed by atoms with van der Waals surface area (Å²) in [7, 11) is 1.63. The first kappa shape index (κ1) is 21.2. The molecule has 0 aliphatic carbocycles. The number of carbonyl (C=O) groups is 1. The van der Waals surface area contributed by atoms with Gasteiger partial charge in [-0.25, -0.2) is 9.48 Å². The van der Waals surface area contributed by atoms with E-state index in [1.807, 2.05) is 73.1 Å². The number of hydrogen-bond acceptors (Lipinski definition) is 4. The van der Waals surface area contributed by atoms with Crippen molar-refractivity contribution in [2.75, 3.05) is 20.3 Å². The van der Waals surface area contributed by atoms with Crippen LogP contribution in [0.1, 0.15) is 23.4 Å². The average Bonchev–Trinajstić information content (AvgIpc) is 3.06. The smallest absolute Gasteiger partial charge is 0.315 e. The van der Waals surface area contributed by atoms with E-state index in [-0.39, 0.29) is 6.03 Å². The number of hydrogen-bond donors (Lipinski definition) is 2. The van der Waals surface area contributed by atoms with Gasteiger partial charge in [0.2, 0.25) is 0 Å². The van der Waals surface area contributed by atoms with Gasteiger partial charge in [0.15, 0.2) is 0 Å². The van der Waals surface area contributed by atoms with Crippen molar-refractivity contribution >= 4 is 6.03 Å². The molecule has 0 bridgehead atoms. The third-order valence-corrected chi connectivity index (χ3v) is 4.80. The summed E-state index contributed by atoms with van der Waals surface area (Å²) in [5, 5.41) is 10.4. The van der Waals surface area contributed by atoms with E-state index in [0.29, 0.717) is 26.1 Å². The van der Waals surface area contributed by atoms with Gasteiger partial charge in [0, 0.05) is 24.3 Å². The van der Waals surface area contributed by atoms with E-state index in [1.54, 1.807) is 7.11 Å². The van der Waals surface area contributed by atoms with Crippen molar-refractivity contribution in [1.29, 1.82) is 0 Å². The molecule has 0 saturated carbocycles. The van der Waals surface area contributed by atoms with Gasteiger partial charge >= 0.3 is 6.03 Å². The van der Waals surface area contributed by atoms with Crippen molar-refractivity contribution in [2.24, 2.45) is 0 Å².